The lowest BCUT2D eigenvalue weighted by atomic mass is 9.95. The summed E-state index contributed by atoms with van der Waals surface area (Å²) >= 11 is 5.27. The molecule has 2 aliphatic rings. The lowest BCUT2D eigenvalue weighted by Crippen LogP contribution is -2.33. The van der Waals surface area contributed by atoms with Crippen molar-refractivity contribution in [1.29, 1.82) is 0 Å². The predicted molar refractivity (Wildman–Crippen MR) is 107 cm³/mol. The average Bonchev–Trinajstić information content (AvgIpc) is 3.24. The van der Waals surface area contributed by atoms with Crippen LogP contribution in [0.5, 0.6) is 0 Å². The Balaban J connectivity index is 1.61. The van der Waals surface area contributed by atoms with Gasteiger partial charge in [-0.2, -0.15) is 0 Å². The van der Waals surface area contributed by atoms with E-state index in [2.05, 4.69) is 10.3 Å². The molecule has 1 unspecified atom stereocenters. The number of ether oxygens (including phenoxy) is 1. The van der Waals surface area contributed by atoms with Gasteiger partial charge in [-0.1, -0.05) is 12.1 Å². The topological polar surface area (TPSA) is 130 Å². The van der Waals surface area contributed by atoms with Crippen LogP contribution in [0.25, 0.3) is 0 Å². The number of hydrogen-bond acceptors (Lipinski definition) is 7. The molecule has 2 aliphatic heterocycles. The first kappa shape index (κ1) is 19.6. The number of aliphatic hydroxyl groups excluding tert-OH is 2. The lowest BCUT2D eigenvalue weighted by Gasteiger charge is -2.24. The molecule has 3 heterocycles. The molecule has 10 heteroatoms. The first-order chi connectivity index (χ1) is 13.8. The molecule has 1 saturated heterocycles. The minimum atomic E-state index is -1.07. The molecule has 0 aliphatic carbocycles. The molecular formula is C19H19N3O6S. The van der Waals surface area contributed by atoms with Gasteiger partial charge >= 0.3 is 0 Å². The van der Waals surface area contributed by atoms with Gasteiger partial charge in [0.25, 0.3) is 5.69 Å². The highest BCUT2D eigenvalue weighted by Gasteiger charge is 2.38. The average molecular weight is 417 g/mol. The zero-order valence-corrected chi connectivity index (χ0v) is 16.3. The maximum atomic E-state index is 11.1. The van der Waals surface area contributed by atoms with Crippen LogP contribution in [-0.2, 0) is 4.74 Å². The quantitative estimate of drug-likeness (QED) is 0.392. The number of nitrogens with zero attached hydrogens (tertiary/aromatic N) is 2. The summed E-state index contributed by atoms with van der Waals surface area (Å²) in [5.41, 5.74) is 2.13. The third-order valence-corrected chi connectivity index (χ3v) is 5.30. The van der Waals surface area contributed by atoms with E-state index in [0.717, 1.165) is 11.1 Å². The van der Waals surface area contributed by atoms with Crippen LogP contribution in [0, 0.1) is 17.0 Å². The van der Waals surface area contributed by atoms with Gasteiger partial charge in [0.1, 0.15) is 29.8 Å². The number of furan rings is 1. The van der Waals surface area contributed by atoms with E-state index in [1.807, 2.05) is 0 Å². The van der Waals surface area contributed by atoms with Gasteiger partial charge in [0, 0.05) is 24.1 Å². The van der Waals surface area contributed by atoms with Crippen molar-refractivity contribution >= 4 is 28.7 Å². The summed E-state index contributed by atoms with van der Waals surface area (Å²) in [7, 11) is 0. The fourth-order valence-corrected chi connectivity index (χ4v) is 3.86. The first-order valence-corrected chi connectivity index (χ1v) is 9.45. The van der Waals surface area contributed by atoms with E-state index in [-0.39, 0.29) is 23.4 Å². The number of aryl methyl sites for hydroxylation is 1. The van der Waals surface area contributed by atoms with E-state index in [9.17, 15) is 20.3 Å². The highest BCUT2D eigenvalue weighted by atomic mass is 32.1. The number of non-ortho nitro benzene ring substituents is 1. The SMILES string of the molecule is Cc1oc([C@@H]2OC[C@@H](O)[C@H]2O)cc1C1=NC(=S)NC(c2cccc([N+](=O)[O-])c2)C1. The fraction of sp³-hybridized carbons (Fsp3) is 0.368. The Morgan fingerprint density at radius 1 is 1.34 bits per heavy atom. The second-order valence-electron chi connectivity index (χ2n) is 7.05. The fourth-order valence-electron chi connectivity index (χ4n) is 3.60. The Bertz CT molecular complexity index is 1000. The molecule has 29 heavy (non-hydrogen) atoms. The van der Waals surface area contributed by atoms with E-state index in [1.54, 1.807) is 25.1 Å². The smallest absolute Gasteiger partial charge is 0.269 e. The zero-order valence-electron chi connectivity index (χ0n) is 15.4. The van der Waals surface area contributed by atoms with Crippen LogP contribution in [0.2, 0.25) is 0 Å². The monoisotopic (exact) mass is 417 g/mol. The van der Waals surface area contributed by atoms with Crippen molar-refractivity contribution in [3.8, 4) is 0 Å². The molecule has 9 nitrogen and oxygen atoms in total. The molecule has 3 N–H and O–H groups in total. The van der Waals surface area contributed by atoms with Gasteiger partial charge in [-0.25, -0.2) is 4.99 Å². The van der Waals surface area contributed by atoms with Crippen LogP contribution < -0.4 is 5.32 Å². The molecule has 4 atom stereocenters. The summed E-state index contributed by atoms with van der Waals surface area (Å²) in [4.78, 5) is 15.1. The zero-order chi connectivity index (χ0) is 20.7. The molecule has 0 saturated carbocycles. The Morgan fingerprint density at radius 2 is 2.14 bits per heavy atom. The van der Waals surface area contributed by atoms with Gasteiger partial charge in [0.2, 0.25) is 0 Å². The molecule has 1 aromatic carbocycles. The van der Waals surface area contributed by atoms with Crippen molar-refractivity contribution in [1.82, 2.24) is 5.32 Å². The summed E-state index contributed by atoms with van der Waals surface area (Å²) < 4.78 is 11.2. The second-order valence-corrected chi connectivity index (χ2v) is 7.43. The van der Waals surface area contributed by atoms with Crippen LogP contribution in [0.3, 0.4) is 0 Å². The predicted octanol–water partition coefficient (Wildman–Crippen LogP) is 2.10. The van der Waals surface area contributed by atoms with Crippen LogP contribution >= 0.6 is 12.2 Å². The maximum Gasteiger partial charge on any atom is 0.269 e. The van der Waals surface area contributed by atoms with Crippen LogP contribution in [0.1, 0.15) is 41.2 Å². The number of nitro benzene ring substituents is 1. The molecule has 2 aromatic rings. The first-order valence-electron chi connectivity index (χ1n) is 9.04. The highest BCUT2D eigenvalue weighted by molar-refractivity contribution is 7.80. The molecule has 152 valence electrons. The second kappa shape index (κ2) is 7.64. The van der Waals surface area contributed by atoms with Crippen molar-refractivity contribution in [2.24, 2.45) is 4.99 Å². The normalized spacial score (nSPS) is 26.9. The summed E-state index contributed by atoms with van der Waals surface area (Å²) in [5, 5.41) is 34.2. The Hall–Kier alpha value is -2.66. The molecule has 4 rings (SSSR count). The number of aliphatic imine (C=N–C) groups is 1. The minimum Gasteiger partial charge on any atom is -0.463 e. The molecule has 0 radical (unpaired) electrons. The number of aliphatic hydroxyl groups is 2. The largest absolute Gasteiger partial charge is 0.463 e. The van der Waals surface area contributed by atoms with Crippen LogP contribution in [0.4, 0.5) is 5.69 Å². The summed E-state index contributed by atoms with van der Waals surface area (Å²) in [6.07, 6.45) is -2.34. The van der Waals surface area contributed by atoms with Crippen molar-refractivity contribution in [2.45, 2.75) is 37.7 Å². The maximum absolute atomic E-state index is 11.1. The van der Waals surface area contributed by atoms with Gasteiger partial charge in [-0.3, -0.25) is 10.1 Å². The summed E-state index contributed by atoms with van der Waals surface area (Å²) in [6.45, 7) is 1.80. The van der Waals surface area contributed by atoms with E-state index in [0.29, 0.717) is 23.7 Å². The number of nitrogens with one attached hydrogen (secondary N) is 1. The van der Waals surface area contributed by atoms with Gasteiger partial charge in [0.15, 0.2) is 5.11 Å². The minimum absolute atomic E-state index is 0.00647. The Labute approximate surface area is 171 Å². The molecule has 1 aromatic heterocycles. The van der Waals surface area contributed by atoms with Crippen LogP contribution in [-0.4, -0.2) is 44.8 Å². The standard InChI is InChI=1S/C19H19N3O6S/c1-9-12(6-16(28-9)18-17(24)15(23)8-27-18)14-7-13(20-19(29)21-14)10-3-2-4-11(5-10)22(25)26/h2-6,13,15,17-18,23-24H,7-8H2,1H3,(H,20,29)/t13?,15-,17-,18+/m1/s1. The Kier molecular flexibility index (Phi) is 5.17. The van der Waals surface area contributed by atoms with Crippen molar-refractivity contribution in [3.63, 3.8) is 0 Å². The third-order valence-electron chi connectivity index (χ3n) is 5.09. The van der Waals surface area contributed by atoms with Crippen LogP contribution in [0.15, 0.2) is 39.7 Å². The number of benzene rings is 1. The van der Waals surface area contributed by atoms with Gasteiger partial charge in [-0.05, 0) is 30.8 Å². The Morgan fingerprint density at radius 3 is 2.83 bits per heavy atom. The highest BCUT2D eigenvalue weighted by Crippen LogP contribution is 2.34. The van der Waals surface area contributed by atoms with E-state index in [1.165, 1.54) is 12.1 Å². The van der Waals surface area contributed by atoms with Crippen molar-refractivity contribution < 1.29 is 24.3 Å². The van der Waals surface area contributed by atoms with Gasteiger partial charge in [-0.15, -0.1) is 0 Å². The lowest BCUT2D eigenvalue weighted by molar-refractivity contribution is -0.384. The number of hydrogen-bond donors (Lipinski definition) is 3. The van der Waals surface area contributed by atoms with E-state index in [4.69, 9.17) is 21.4 Å². The third kappa shape index (κ3) is 3.79. The van der Waals surface area contributed by atoms with Crippen molar-refractivity contribution in [3.05, 3.63) is 63.1 Å². The van der Waals surface area contributed by atoms with Gasteiger partial charge < -0.3 is 24.7 Å². The van der Waals surface area contributed by atoms with Crippen molar-refractivity contribution in [2.75, 3.05) is 6.61 Å². The number of rotatable bonds is 4. The molecular weight excluding hydrogens is 398 g/mol. The molecule has 0 spiro atoms. The van der Waals surface area contributed by atoms with Gasteiger partial charge in [0.05, 0.1) is 23.3 Å². The van der Waals surface area contributed by atoms with E-state index >= 15 is 0 Å². The van der Waals surface area contributed by atoms with E-state index < -0.39 is 23.2 Å². The molecule has 0 bridgehead atoms. The number of nitro groups is 1. The number of thiocarbonyl (C=S) groups is 1. The summed E-state index contributed by atoms with van der Waals surface area (Å²) in [6, 6.07) is 7.85. The molecule has 1 fully saturated rings. The summed E-state index contributed by atoms with van der Waals surface area (Å²) in [5.74, 6) is 0.985. The molecule has 0 amide bonds.